The lowest BCUT2D eigenvalue weighted by molar-refractivity contribution is -0.152. The zero-order valence-corrected chi connectivity index (χ0v) is 11.0. The molecule has 1 saturated carbocycles. The number of ether oxygens (including phenoxy) is 2. The van der Waals surface area contributed by atoms with Gasteiger partial charge in [0.15, 0.2) is 0 Å². The molecule has 0 amide bonds. The molecular weight excluding hydrogens is 232 g/mol. The van der Waals surface area contributed by atoms with E-state index in [4.69, 9.17) is 9.47 Å². The van der Waals surface area contributed by atoms with Crippen LogP contribution < -0.4 is 0 Å². The average Bonchev–Trinajstić information content (AvgIpc) is 2.48. The molecular formula is C10H20O3S2. The second-order valence-corrected chi connectivity index (χ2v) is 3.24. The Kier molecular flexibility index (Phi) is 10.5. The van der Waals surface area contributed by atoms with Crippen molar-refractivity contribution in [3.05, 3.63) is 12.7 Å². The molecule has 0 aromatic carbocycles. The summed E-state index contributed by atoms with van der Waals surface area (Å²) in [4.78, 5) is 10.7. The predicted molar refractivity (Wildman–Crippen MR) is 70.1 cm³/mol. The van der Waals surface area contributed by atoms with Gasteiger partial charge in [0.2, 0.25) is 0 Å². The lowest BCUT2D eigenvalue weighted by Gasteiger charge is -2.18. The molecule has 3 nitrogen and oxygen atoms in total. The predicted octanol–water partition coefficient (Wildman–Crippen LogP) is 1.90. The van der Waals surface area contributed by atoms with Crippen molar-refractivity contribution in [2.24, 2.45) is 0 Å². The number of carbonyl (C=O) groups excluding carboxylic acids is 1. The van der Waals surface area contributed by atoms with Crippen LogP contribution in [0.1, 0.15) is 26.2 Å². The van der Waals surface area contributed by atoms with Crippen LogP contribution in [0.15, 0.2) is 12.7 Å². The smallest absolute Gasteiger partial charge is 0.302 e. The van der Waals surface area contributed by atoms with E-state index in [2.05, 4.69) is 6.58 Å². The van der Waals surface area contributed by atoms with Gasteiger partial charge in [-0.2, -0.15) is 27.0 Å². The fourth-order valence-corrected chi connectivity index (χ4v) is 1.62. The van der Waals surface area contributed by atoms with E-state index < -0.39 is 0 Å². The third-order valence-corrected chi connectivity index (χ3v) is 2.14. The first-order chi connectivity index (χ1) is 6.24. The SMILES string of the molecule is C=CCO[C@H]1CCC[C@@H]1OC(C)=O.S.S. The minimum Gasteiger partial charge on any atom is -0.460 e. The molecule has 0 unspecified atom stereocenters. The number of hydrogen-bond donors (Lipinski definition) is 0. The first kappa shape index (κ1) is 17.3. The molecule has 0 saturated heterocycles. The molecule has 0 heterocycles. The van der Waals surface area contributed by atoms with E-state index >= 15 is 0 Å². The second-order valence-electron chi connectivity index (χ2n) is 3.24. The molecule has 0 spiro atoms. The summed E-state index contributed by atoms with van der Waals surface area (Å²) in [5, 5.41) is 0. The molecule has 2 atom stereocenters. The highest BCUT2D eigenvalue weighted by Gasteiger charge is 2.29. The van der Waals surface area contributed by atoms with Crippen molar-refractivity contribution in [2.75, 3.05) is 6.61 Å². The van der Waals surface area contributed by atoms with E-state index in [1.807, 2.05) is 0 Å². The summed E-state index contributed by atoms with van der Waals surface area (Å²) in [6.07, 6.45) is 4.70. The van der Waals surface area contributed by atoms with Crippen LogP contribution in [0.25, 0.3) is 0 Å². The fourth-order valence-electron chi connectivity index (χ4n) is 1.62. The highest BCUT2D eigenvalue weighted by molar-refractivity contribution is 7.59. The van der Waals surface area contributed by atoms with Gasteiger partial charge in [0.05, 0.1) is 12.7 Å². The molecule has 0 N–H and O–H groups in total. The maximum atomic E-state index is 10.7. The van der Waals surface area contributed by atoms with Gasteiger partial charge in [-0.3, -0.25) is 4.79 Å². The molecule has 1 aliphatic carbocycles. The van der Waals surface area contributed by atoms with E-state index in [1.54, 1.807) is 6.08 Å². The number of esters is 1. The Balaban J connectivity index is 0. The topological polar surface area (TPSA) is 35.5 Å². The third-order valence-electron chi connectivity index (χ3n) is 2.14. The van der Waals surface area contributed by atoms with Crippen molar-refractivity contribution < 1.29 is 14.3 Å². The maximum absolute atomic E-state index is 10.7. The molecule has 0 radical (unpaired) electrons. The summed E-state index contributed by atoms with van der Waals surface area (Å²) >= 11 is 0. The first-order valence-electron chi connectivity index (χ1n) is 4.63. The summed E-state index contributed by atoms with van der Waals surface area (Å²) in [7, 11) is 0. The van der Waals surface area contributed by atoms with Crippen LogP contribution in [0.5, 0.6) is 0 Å². The number of hydrogen-bond acceptors (Lipinski definition) is 3. The highest BCUT2D eigenvalue weighted by atomic mass is 32.1. The van der Waals surface area contributed by atoms with Gasteiger partial charge in [-0.15, -0.1) is 6.58 Å². The Morgan fingerprint density at radius 2 is 2.00 bits per heavy atom. The summed E-state index contributed by atoms with van der Waals surface area (Å²) in [6.45, 7) is 5.54. The molecule has 0 aromatic heterocycles. The van der Waals surface area contributed by atoms with Crippen molar-refractivity contribution in [3.63, 3.8) is 0 Å². The lowest BCUT2D eigenvalue weighted by Crippen LogP contribution is -2.27. The van der Waals surface area contributed by atoms with Gasteiger partial charge in [0.1, 0.15) is 6.10 Å². The average molecular weight is 252 g/mol. The van der Waals surface area contributed by atoms with E-state index in [9.17, 15) is 4.79 Å². The van der Waals surface area contributed by atoms with Crippen LogP contribution in [-0.4, -0.2) is 24.8 Å². The summed E-state index contributed by atoms with van der Waals surface area (Å²) in [5.41, 5.74) is 0. The molecule has 1 aliphatic rings. The summed E-state index contributed by atoms with van der Waals surface area (Å²) in [6, 6.07) is 0. The van der Waals surface area contributed by atoms with Gasteiger partial charge in [0.25, 0.3) is 0 Å². The molecule has 1 rings (SSSR count). The van der Waals surface area contributed by atoms with Gasteiger partial charge in [0, 0.05) is 6.92 Å². The van der Waals surface area contributed by atoms with E-state index in [1.165, 1.54) is 6.92 Å². The Hall–Kier alpha value is -0.130. The lowest BCUT2D eigenvalue weighted by atomic mass is 10.2. The van der Waals surface area contributed by atoms with Crippen molar-refractivity contribution >= 4 is 33.0 Å². The minimum atomic E-state index is -0.223. The van der Waals surface area contributed by atoms with Crippen LogP contribution in [0.2, 0.25) is 0 Å². The molecule has 0 aromatic rings. The Labute approximate surface area is 105 Å². The first-order valence-corrected chi connectivity index (χ1v) is 4.63. The van der Waals surface area contributed by atoms with Crippen LogP contribution >= 0.6 is 27.0 Å². The molecule has 0 aliphatic heterocycles. The van der Waals surface area contributed by atoms with Gasteiger partial charge in [-0.1, -0.05) is 6.08 Å². The van der Waals surface area contributed by atoms with Crippen molar-refractivity contribution in [3.8, 4) is 0 Å². The molecule has 15 heavy (non-hydrogen) atoms. The van der Waals surface area contributed by atoms with E-state index in [0.717, 1.165) is 19.3 Å². The zero-order valence-electron chi connectivity index (χ0n) is 8.99. The number of rotatable bonds is 4. The van der Waals surface area contributed by atoms with Crippen LogP contribution in [0.3, 0.4) is 0 Å². The normalized spacial score (nSPS) is 23.5. The Morgan fingerprint density at radius 3 is 2.53 bits per heavy atom. The largest absolute Gasteiger partial charge is 0.460 e. The van der Waals surface area contributed by atoms with E-state index in [-0.39, 0.29) is 45.2 Å². The number of carbonyl (C=O) groups is 1. The van der Waals surface area contributed by atoms with Gasteiger partial charge in [-0.05, 0) is 19.3 Å². The molecule has 90 valence electrons. The third kappa shape index (κ3) is 6.12. The van der Waals surface area contributed by atoms with Crippen LogP contribution in [0.4, 0.5) is 0 Å². The minimum absolute atomic E-state index is 0. The molecule has 0 bridgehead atoms. The van der Waals surface area contributed by atoms with Gasteiger partial charge in [-0.25, -0.2) is 0 Å². The molecule has 5 heteroatoms. The quantitative estimate of drug-likeness (QED) is 0.566. The van der Waals surface area contributed by atoms with Crippen LogP contribution in [-0.2, 0) is 14.3 Å². The standard InChI is InChI=1S/C10H16O3.2H2S/c1-3-7-12-9-5-4-6-10(9)13-8(2)11;;/h3,9-10H,1,4-7H2,2H3;2*1H2/t9-,10-;;/m0../s1. The Bertz CT molecular complexity index is 197. The second kappa shape index (κ2) is 9.12. The van der Waals surface area contributed by atoms with Gasteiger partial charge < -0.3 is 9.47 Å². The van der Waals surface area contributed by atoms with Gasteiger partial charge >= 0.3 is 5.97 Å². The zero-order chi connectivity index (χ0) is 9.68. The van der Waals surface area contributed by atoms with Crippen molar-refractivity contribution in [1.82, 2.24) is 0 Å². The summed E-state index contributed by atoms with van der Waals surface area (Å²) in [5.74, 6) is -0.223. The summed E-state index contributed by atoms with van der Waals surface area (Å²) < 4.78 is 10.6. The fraction of sp³-hybridized carbons (Fsp3) is 0.700. The van der Waals surface area contributed by atoms with E-state index in [0.29, 0.717) is 6.61 Å². The van der Waals surface area contributed by atoms with Crippen molar-refractivity contribution in [1.29, 1.82) is 0 Å². The molecule has 1 fully saturated rings. The van der Waals surface area contributed by atoms with Crippen LogP contribution in [0, 0.1) is 0 Å². The monoisotopic (exact) mass is 252 g/mol. The maximum Gasteiger partial charge on any atom is 0.302 e. The highest BCUT2D eigenvalue weighted by Crippen LogP contribution is 2.24. The Morgan fingerprint density at radius 1 is 1.40 bits per heavy atom. The van der Waals surface area contributed by atoms with Crippen molar-refractivity contribution in [2.45, 2.75) is 38.4 Å².